The summed E-state index contributed by atoms with van der Waals surface area (Å²) >= 11 is 8.99. The van der Waals surface area contributed by atoms with Crippen LogP contribution >= 0.6 is 34.7 Å². The lowest BCUT2D eigenvalue weighted by Gasteiger charge is -2.33. The number of aryl methyl sites for hydroxylation is 1. The predicted octanol–water partition coefficient (Wildman–Crippen LogP) is 8.40. The molecule has 1 aromatic carbocycles. The molecule has 9 heteroatoms. The fourth-order valence-electron chi connectivity index (χ4n) is 4.51. The number of aromatic nitrogens is 2. The Labute approximate surface area is 236 Å². The van der Waals surface area contributed by atoms with E-state index >= 15 is 0 Å². The SMILES string of the molecule is Cc1ccnc(Sc2ccc(C=Nc3sc4c(c3C(=O)Nc3ccc(Cl)cc3)CC[C@H](C(C)(C)C)C4)o2)n1. The van der Waals surface area contributed by atoms with Gasteiger partial charge in [0.2, 0.25) is 0 Å². The van der Waals surface area contributed by atoms with E-state index in [1.807, 2.05) is 25.1 Å². The highest BCUT2D eigenvalue weighted by Crippen LogP contribution is 2.45. The molecular weight excluding hydrogens is 536 g/mol. The minimum Gasteiger partial charge on any atom is -0.448 e. The van der Waals surface area contributed by atoms with Gasteiger partial charge in [-0.2, -0.15) is 0 Å². The van der Waals surface area contributed by atoms with Crippen LogP contribution in [-0.4, -0.2) is 22.1 Å². The summed E-state index contributed by atoms with van der Waals surface area (Å²) in [5.74, 6) is 1.01. The molecule has 0 saturated carbocycles. The summed E-state index contributed by atoms with van der Waals surface area (Å²) in [5, 5.41) is 5.66. The van der Waals surface area contributed by atoms with Crippen LogP contribution in [0, 0.1) is 18.3 Å². The standard InChI is InChI=1S/C29H29ClN4O2S2/c1-17-13-14-31-28(33-17)38-24-12-10-21(36-24)16-32-27-25(26(35)34-20-8-6-19(30)7-9-20)22-11-5-18(29(2,3)4)15-23(22)37-27/h6-10,12-14,16,18H,5,11,15H2,1-4H3,(H,34,35)/t18-/m0/s1. The third-order valence-electron chi connectivity index (χ3n) is 6.68. The number of amides is 1. The quantitative estimate of drug-likeness (QED) is 0.188. The smallest absolute Gasteiger partial charge is 0.259 e. The molecule has 0 spiro atoms. The van der Waals surface area contributed by atoms with Crippen LogP contribution in [0.5, 0.6) is 0 Å². The van der Waals surface area contributed by atoms with Crippen molar-refractivity contribution in [2.75, 3.05) is 5.32 Å². The highest BCUT2D eigenvalue weighted by Gasteiger charge is 2.33. The number of nitrogens with one attached hydrogen (secondary N) is 1. The molecule has 38 heavy (non-hydrogen) atoms. The van der Waals surface area contributed by atoms with Crippen molar-refractivity contribution >= 4 is 57.5 Å². The van der Waals surface area contributed by atoms with Crippen LogP contribution in [0.4, 0.5) is 10.7 Å². The molecule has 1 atom stereocenters. The minimum absolute atomic E-state index is 0.154. The van der Waals surface area contributed by atoms with E-state index in [2.05, 4.69) is 36.1 Å². The summed E-state index contributed by atoms with van der Waals surface area (Å²) in [5.41, 5.74) is 3.57. The number of rotatable bonds is 6. The molecule has 1 amide bonds. The molecule has 196 valence electrons. The summed E-state index contributed by atoms with van der Waals surface area (Å²) in [4.78, 5) is 28.2. The summed E-state index contributed by atoms with van der Waals surface area (Å²) in [7, 11) is 0. The van der Waals surface area contributed by atoms with Crippen LogP contribution in [-0.2, 0) is 12.8 Å². The van der Waals surface area contributed by atoms with E-state index < -0.39 is 0 Å². The molecule has 3 aromatic heterocycles. The molecule has 0 bridgehead atoms. The van der Waals surface area contributed by atoms with E-state index in [1.165, 1.54) is 16.6 Å². The molecular formula is C29H29ClN4O2S2. The Morgan fingerprint density at radius 2 is 2.00 bits per heavy atom. The van der Waals surface area contributed by atoms with E-state index in [9.17, 15) is 4.79 Å². The number of carbonyl (C=O) groups excluding carboxylic acids is 1. The third-order valence-corrected chi connectivity index (χ3v) is 8.89. The first-order valence-corrected chi connectivity index (χ1v) is 14.5. The maximum atomic E-state index is 13.5. The monoisotopic (exact) mass is 564 g/mol. The first-order valence-electron chi connectivity index (χ1n) is 12.5. The Kier molecular flexibility index (Phi) is 7.75. The van der Waals surface area contributed by atoms with Crippen LogP contribution < -0.4 is 5.32 Å². The Balaban J connectivity index is 1.42. The molecule has 3 heterocycles. The van der Waals surface area contributed by atoms with Crippen LogP contribution in [0.15, 0.2) is 68.3 Å². The van der Waals surface area contributed by atoms with Gasteiger partial charge in [-0.3, -0.25) is 4.79 Å². The Morgan fingerprint density at radius 1 is 1.21 bits per heavy atom. The number of anilines is 1. The summed E-state index contributed by atoms with van der Waals surface area (Å²) in [6.07, 6.45) is 6.29. The number of thiophene rings is 1. The number of benzene rings is 1. The number of aliphatic imine (C=N–C) groups is 1. The summed E-state index contributed by atoms with van der Waals surface area (Å²) < 4.78 is 5.95. The Bertz CT molecular complexity index is 1490. The van der Waals surface area contributed by atoms with Gasteiger partial charge >= 0.3 is 0 Å². The van der Waals surface area contributed by atoms with Gasteiger partial charge in [0.1, 0.15) is 10.8 Å². The molecule has 1 aliphatic rings. The van der Waals surface area contributed by atoms with Crippen molar-refractivity contribution in [2.45, 2.75) is 57.2 Å². The van der Waals surface area contributed by atoms with Crippen molar-refractivity contribution in [2.24, 2.45) is 16.3 Å². The van der Waals surface area contributed by atoms with Gasteiger partial charge < -0.3 is 9.73 Å². The van der Waals surface area contributed by atoms with Crippen LogP contribution in [0.3, 0.4) is 0 Å². The number of hydrogen-bond acceptors (Lipinski definition) is 7. The zero-order valence-corrected chi connectivity index (χ0v) is 24.1. The first-order chi connectivity index (χ1) is 18.2. The van der Waals surface area contributed by atoms with E-state index in [1.54, 1.807) is 48.0 Å². The highest BCUT2D eigenvalue weighted by atomic mass is 35.5. The lowest BCUT2D eigenvalue weighted by atomic mass is 9.72. The maximum Gasteiger partial charge on any atom is 0.259 e. The molecule has 5 rings (SSSR count). The van der Waals surface area contributed by atoms with E-state index in [-0.39, 0.29) is 11.3 Å². The van der Waals surface area contributed by atoms with Crippen molar-refractivity contribution in [3.8, 4) is 0 Å². The lowest BCUT2D eigenvalue weighted by Crippen LogP contribution is -2.27. The number of carbonyl (C=O) groups is 1. The second-order valence-corrected chi connectivity index (χ2v) is 12.9. The van der Waals surface area contributed by atoms with Gasteiger partial charge in [0.05, 0.1) is 11.8 Å². The second kappa shape index (κ2) is 11.0. The van der Waals surface area contributed by atoms with Gasteiger partial charge in [-0.1, -0.05) is 32.4 Å². The largest absolute Gasteiger partial charge is 0.448 e. The molecule has 0 radical (unpaired) electrons. The molecule has 0 saturated heterocycles. The van der Waals surface area contributed by atoms with Gasteiger partial charge in [0, 0.05) is 27.5 Å². The van der Waals surface area contributed by atoms with Crippen molar-refractivity contribution in [3.63, 3.8) is 0 Å². The van der Waals surface area contributed by atoms with Crippen molar-refractivity contribution < 1.29 is 9.21 Å². The summed E-state index contributed by atoms with van der Waals surface area (Å²) in [6.45, 7) is 8.80. The molecule has 6 nitrogen and oxygen atoms in total. The zero-order valence-electron chi connectivity index (χ0n) is 21.7. The molecule has 0 fully saturated rings. The highest BCUT2D eigenvalue weighted by molar-refractivity contribution is 7.99. The topological polar surface area (TPSA) is 80.4 Å². The van der Waals surface area contributed by atoms with Gasteiger partial charge in [0.25, 0.3) is 5.91 Å². The molecule has 4 aromatic rings. The average molecular weight is 565 g/mol. The Morgan fingerprint density at radius 3 is 2.74 bits per heavy atom. The number of halogens is 1. The van der Waals surface area contributed by atoms with E-state index in [0.717, 1.165) is 30.5 Å². The van der Waals surface area contributed by atoms with Crippen molar-refractivity contribution in [1.29, 1.82) is 0 Å². The van der Waals surface area contributed by atoms with Crippen LogP contribution in [0.1, 0.15) is 59.4 Å². The first kappa shape index (κ1) is 26.7. The fraction of sp³-hybridized carbons (Fsp3) is 0.310. The van der Waals surface area contributed by atoms with Crippen molar-refractivity contribution in [3.05, 3.63) is 81.1 Å². The van der Waals surface area contributed by atoms with Gasteiger partial charge in [0.15, 0.2) is 10.2 Å². The van der Waals surface area contributed by atoms with Gasteiger partial charge in [-0.05, 0) is 97.3 Å². The maximum absolute atomic E-state index is 13.5. The zero-order chi connectivity index (χ0) is 26.9. The number of hydrogen-bond donors (Lipinski definition) is 1. The molecule has 1 aliphatic carbocycles. The second-order valence-electron chi connectivity index (χ2n) is 10.4. The predicted molar refractivity (Wildman–Crippen MR) is 156 cm³/mol. The number of furan rings is 1. The number of fused-ring (bicyclic) bond motifs is 1. The van der Waals surface area contributed by atoms with E-state index in [4.69, 9.17) is 21.0 Å². The molecule has 0 unspecified atom stereocenters. The van der Waals surface area contributed by atoms with Crippen LogP contribution in [0.2, 0.25) is 5.02 Å². The lowest BCUT2D eigenvalue weighted by molar-refractivity contribution is 0.102. The normalized spacial score (nSPS) is 15.6. The van der Waals surface area contributed by atoms with Crippen molar-refractivity contribution in [1.82, 2.24) is 9.97 Å². The fourth-order valence-corrected chi connectivity index (χ4v) is 6.66. The van der Waals surface area contributed by atoms with Crippen LogP contribution in [0.25, 0.3) is 0 Å². The number of nitrogens with zero attached hydrogens (tertiary/aromatic N) is 3. The van der Waals surface area contributed by atoms with E-state index in [0.29, 0.717) is 43.2 Å². The Hall–Kier alpha value is -2.94. The third kappa shape index (κ3) is 6.20. The summed E-state index contributed by atoms with van der Waals surface area (Å²) in [6, 6.07) is 12.7. The minimum atomic E-state index is -0.154. The van der Waals surface area contributed by atoms with Gasteiger partial charge in [-0.15, -0.1) is 11.3 Å². The molecule has 0 aliphatic heterocycles. The molecule has 1 N–H and O–H groups in total. The van der Waals surface area contributed by atoms with Gasteiger partial charge in [-0.25, -0.2) is 15.0 Å². The average Bonchev–Trinajstić information content (AvgIpc) is 3.47.